The van der Waals surface area contributed by atoms with Crippen LogP contribution < -0.4 is 4.74 Å². The molecule has 0 atom stereocenters. The van der Waals surface area contributed by atoms with Crippen molar-refractivity contribution in [2.75, 3.05) is 7.11 Å². The topological polar surface area (TPSA) is 59.4 Å². The number of Topliss-reactive ketones (excluding diaryl/α,β-unsaturated/α-hetero) is 1. The Kier molecular flexibility index (Phi) is 3.34. The largest absolute Gasteiger partial charge is 0.504 e. The second-order valence-electron chi connectivity index (χ2n) is 3.87. The van der Waals surface area contributed by atoms with E-state index in [0.29, 0.717) is 11.4 Å². The number of phenolic OH excluding ortho intramolecular Hbond substituents is 1. The van der Waals surface area contributed by atoms with E-state index in [1.807, 2.05) is 6.92 Å². The van der Waals surface area contributed by atoms with Gasteiger partial charge in [-0.3, -0.25) is 4.79 Å². The van der Waals surface area contributed by atoms with Gasteiger partial charge in [0.05, 0.1) is 7.11 Å². The predicted molar refractivity (Wildman–Crippen MR) is 70.5 cm³/mol. The number of carbonyl (C=O) groups is 1. The van der Waals surface area contributed by atoms with Gasteiger partial charge in [-0.15, -0.1) is 11.3 Å². The van der Waals surface area contributed by atoms with E-state index < -0.39 is 0 Å². The minimum atomic E-state index is -0.0484. The van der Waals surface area contributed by atoms with Gasteiger partial charge in [0.25, 0.3) is 0 Å². The third-order valence-electron chi connectivity index (χ3n) is 2.56. The molecular weight excluding hydrogens is 250 g/mol. The van der Waals surface area contributed by atoms with E-state index >= 15 is 0 Å². The van der Waals surface area contributed by atoms with Gasteiger partial charge in [-0.05, 0) is 25.1 Å². The highest BCUT2D eigenvalue weighted by atomic mass is 32.1. The summed E-state index contributed by atoms with van der Waals surface area (Å²) >= 11 is 1.43. The van der Waals surface area contributed by atoms with Crippen molar-refractivity contribution in [3.63, 3.8) is 0 Å². The Morgan fingerprint density at radius 1 is 1.44 bits per heavy atom. The maximum Gasteiger partial charge on any atom is 0.179 e. The van der Waals surface area contributed by atoms with E-state index in [1.165, 1.54) is 25.4 Å². The number of benzene rings is 1. The fourth-order valence-corrected chi connectivity index (χ4v) is 2.63. The van der Waals surface area contributed by atoms with Gasteiger partial charge in [0.1, 0.15) is 10.7 Å². The van der Waals surface area contributed by atoms with Crippen molar-refractivity contribution in [1.29, 1.82) is 0 Å². The number of ether oxygens (including phenoxy) is 1. The molecule has 0 unspecified atom stereocenters. The van der Waals surface area contributed by atoms with Crippen molar-refractivity contribution in [3.8, 4) is 22.1 Å². The molecule has 2 rings (SSSR count). The summed E-state index contributed by atoms with van der Waals surface area (Å²) in [6.45, 7) is 3.36. The highest BCUT2D eigenvalue weighted by Crippen LogP contribution is 2.34. The Bertz CT molecular complexity index is 604. The molecule has 0 amide bonds. The molecule has 2 aromatic rings. The normalized spacial score (nSPS) is 10.4. The average Bonchev–Trinajstić information content (AvgIpc) is 2.71. The standard InChI is InChI=1S/C13H13NO3S/c1-7(15)12-8(2)18-13(14-12)9-4-5-11(17-3)10(16)6-9/h4-6,16H,1-3H3. The highest BCUT2D eigenvalue weighted by Gasteiger charge is 2.14. The number of carbonyl (C=O) groups excluding carboxylic acids is 1. The molecule has 1 heterocycles. The van der Waals surface area contributed by atoms with Crippen LogP contribution in [0.5, 0.6) is 11.5 Å². The zero-order chi connectivity index (χ0) is 13.3. The van der Waals surface area contributed by atoms with Gasteiger partial charge in [0.15, 0.2) is 17.3 Å². The number of rotatable bonds is 3. The molecule has 4 nitrogen and oxygen atoms in total. The lowest BCUT2D eigenvalue weighted by atomic mass is 10.2. The lowest BCUT2D eigenvalue weighted by Crippen LogP contribution is -1.94. The number of aryl methyl sites for hydroxylation is 1. The fourth-order valence-electron chi connectivity index (χ4n) is 1.67. The Morgan fingerprint density at radius 2 is 2.17 bits per heavy atom. The molecule has 5 heteroatoms. The van der Waals surface area contributed by atoms with E-state index in [2.05, 4.69) is 4.98 Å². The summed E-state index contributed by atoms with van der Waals surface area (Å²) in [6, 6.07) is 5.07. The van der Waals surface area contributed by atoms with Crippen LogP contribution in [0.4, 0.5) is 0 Å². The molecule has 0 fully saturated rings. The molecule has 0 aliphatic rings. The summed E-state index contributed by atoms with van der Waals surface area (Å²) in [5, 5.41) is 10.4. The summed E-state index contributed by atoms with van der Waals surface area (Å²) in [6.07, 6.45) is 0. The summed E-state index contributed by atoms with van der Waals surface area (Å²) in [5.41, 5.74) is 1.26. The smallest absolute Gasteiger partial charge is 0.179 e. The molecule has 0 bridgehead atoms. The van der Waals surface area contributed by atoms with Crippen LogP contribution in [0.15, 0.2) is 18.2 Å². The number of ketones is 1. The number of aromatic hydroxyl groups is 1. The molecule has 94 valence electrons. The molecular formula is C13H13NO3S. The molecule has 0 saturated carbocycles. The molecule has 0 aliphatic heterocycles. The van der Waals surface area contributed by atoms with E-state index in [-0.39, 0.29) is 11.5 Å². The third-order valence-corrected chi connectivity index (χ3v) is 3.58. The number of hydrogen-bond donors (Lipinski definition) is 1. The number of nitrogens with zero attached hydrogens (tertiary/aromatic N) is 1. The second-order valence-corrected chi connectivity index (χ2v) is 5.07. The zero-order valence-electron chi connectivity index (χ0n) is 10.4. The van der Waals surface area contributed by atoms with Gasteiger partial charge in [-0.2, -0.15) is 0 Å². The van der Waals surface area contributed by atoms with Gasteiger partial charge < -0.3 is 9.84 Å². The first-order valence-corrected chi connectivity index (χ1v) is 6.20. The van der Waals surface area contributed by atoms with Gasteiger partial charge in [0, 0.05) is 17.4 Å². The lowest BCUT2D eigenvalue weighted by molar-refractivity contribution is 0.101. The van der Waals surface area contributed by atoms with Crippen LogP contribution >= 0.6 is 11.3 Å². The van der Waals surface area contributed by atoms with Crippen LogP contribution in [0, 0.1) is 6.92 Å². The summed E-state index contributed by atoms with van der Waals surface area (Å²) in [5.74, 6) is 0.429. The number of aromatic nitrogens is 1. The number of methoxy groups -OCH3 is 1. The SMILES string of the molecule is COc1ccc(-c2nc(C(C)=O)c(C)s2)cc1O. The second kappa shape index (κ2) is 4.78. The molecule has 0 spiro atoms. The molecule has 0 aliphatic carbocycles. The predicted octanol–water partition coefficient (Wildman–Crippen LogP) is 3.04. The Labute approximate surface area is 109 Å². The Balaban J connectivity index is 2.46. The summed E-state index contributed by atoms with van der Waals surface area (Å²) < 4.78 is 4.98. The average molecular weight is 263 g/mol. The van der Waals surface area contributed by atoms with Crippen molar-refractivity contribution in [2.24, 2.45) is 0 Å². The molecule has 0 radical (unpaired) electrons. The maximum absolute atomic E-state index is 11.4. The van der Waals surface area contributed by atoms with Gasteiger partial charge in [-0.1, -0.05) is 0 Å². The first-order valence-electron chi connectivity index (χ1n) is 5.38. The maximum atomic E-state index is 11.4. The quantitative estimate of drug-likeness (QED) is 0.865. The van der Waals surface area contributed by atoms with Gasteiger partial charge >= 0.3 is 0 Å². The van der Waals surface area contributed by atoms with Crippen LogP contribution in [0.3, 0.4) is 0 Å². The van der Waals surface area contributed by atoms with E-state index in [4.69, 9.17) is 4.74 Å². The lowest BCUT2D eigenvalue weighted by Gasteiger charge is -2.03. The van der Waals surface area contributed by atoms with E-state index in [1.54, 1.807) is 18.2 Å². The van der Waals surface area contributed by atoms with Crippen molar-refractivity contribution < 1.29 is 14.6 Å². The Hall–Kier alpha value is -1.88. The van der Waals surface area contributed by atoms with E-state index in [0.717, 1.165) is 15.4 Å². The fraction of sp³-hybridized carbons (Fsp3) is 0.231. The first-order chi connectivity index (χ1) is 8.52. The molecule has 1 aromatic carbocycles. The Morgan fingerprint density at radius 3 is 2.67 bits per heavy atom. The van der Waals surface area contributed by atoms with Crippen molar-refractivity contribution in [2.45, 2.75) is 13.8 Å². The summed E-state index contributed by atoms with van der Waals surface area (Å²) in [7, 11) is 1.50. The van der Waals surface area contributed by atoms with Crippen LogP contribution in [0.1, 0.15) is 22.3 Å². The van der Waals surface area contributed by atoms with Crippen LogP contribution in [0.2, 0.25) is 0 Å². The van der Waals surface area contributed by atoms with Crippen molar-refractivity contribution in [3.05, 3.63) is 28.8 Å². The number of phenols is 1. The monoisotopic (exact) mass is 263 g/mol. The molecule has 1 N–H and O–H groups in total. The van der Waals surface area contributed by atoms with Crippen LogP contribution in [-0.2, 0) is 0 Å². The first kappa shape index (κ1) is 12.6. The zero-order valence-corrected chi connectivity index (χ0v) is 11.2. The molecule has 0 saturated heterocycles. The van der Waals surface area contributed by atoms with E-state index in [9.17, 15) is 9.90 Å². The minimum Gasteiger partial charge on any atom is -0.504 e. The summed E-state index contributed by atoms with van der Waals surface area (Å²) in [4.78, 5) is 16.5. The van der Waals surface area contributed by atoms with Crippen LogP contribution in [-0.4, -0.2) is 23.0 Å². The number of thiazole rings is 1. The molecule has 18 heavy (non-hydrogen) atoms. The highest BCUT2D eigenvalue weighted by molar-refractivity contribution is 7.15. The van der Waals surface area contributed by atoms with Crippen molar-refractivity contribution in [1.82, 2.24) is 4.98 Å². The van der Waals surface area contributed by atoms with Gasteiger partial charge in [0.2, 0.25) is 0 Å². The number of hydrogen-bond acceptors (Lipinski definition) is 5. The third kappa shape index (κ3) is 2.22. The van der Waals surface area contributed by atoms with Gasteiger partial charge in [-0.25, -0.2) is 4.98 Å². The molecule has 1 aromatic heterocycles. The van der Waals surface area contributed by atoms with Crippen molar-refractivity contribution >= 4 is 17.1 Å². The minimum absolute atomic E-state index is 0.0484. The van der Waals surface area contributed by atoms with Crippen LogP contribution in [0.25, 0.3) is 10.6 Å².